The second-order valence-corrected chi connectivity index (χ2v) is 7.18. The number of methoxy groups -OCH3 is 5. The van der Waals surface area contributed by atoms with E-state index in [0.29, 0.717) is 28.7 Å². The molecular weight excluding hydrogens is 432 g/mol. The van der Waals surface area contributed by atoms with Gasteiger partial charge in [-0.25, -0.2) is 4.79 Å². The number of hydrogen-bond donors (Lipinski definition) is 1. The lowest BCUT2D eigenvalue weighted by Crippen LogP contribution is -2.28. The van der Waals surface area contributed by atoms with Crippen molar-refractivity contribution in [2.75, 3.05) is 52.3 Å². The van der Waals surface area contributed by atoms with Gasteiger partial charge in [0.1, 0.15) is 0 Å². The lowest BCUT2D eigenvalue weighted by Gasteiger charge is -2.19. The van der Waals surface area contributed by atoms with E-state index in [9.17, 15) is 14.4 Å². The molecule has 1 fully saturated rings. The second-order valence-electron chi connectivity index (χ2n) is 7.18. The van der Waals surface area contributed by atoms with Crippen LogP contribution in [0.2, 0.25) is 0 Å². The molecule has 1 aliphatic heterocycles. The minimum Gasteiger partial charge on any atom is -0.493 e. The largest absolute Gasteiger partial charge is 0.493 e. The summed E-state index contributed by atoms with van der Waals surface area (Å²) in [5, 5.41) is 2.73. The summed E-state index contributed by atoms with van der Waals surface area (Å²) in [6.07, 6.45) is 0.0149. The summed E-state index contributed by atoms with van der Waals surface area (Å²) < 4.78 is 25.9. The molecule has 1 saturated heterocycles. The van der Waals surface area contributed by atoms with Crippen LogP contribution in [0.25, 0.3) is 0 Å². The molecule has 0 bridgehead atoms. The molecule has 0 aromatic heterocycles. The van der Waals surface area contributed by atoms with E-state index in [4.69, 9.17) is 23.7 Å². The number of anilines is 2. The van der Waals surface area contributed by atoms with E-state index in [1.807, 2.05) is 0 Å². The van der Waals surface area contributed by atoms with Crippen molar-refractivity contribution >= 4 is 29.2 Å². The van der Waals surface area contributed by atoms with Crippen LogP contribution in [-0.4, -0.2) is 59.9 Å². The van der Waals surface area contributed by atoms with Crippen LogP contribution in [0.3, 0.4) is 0 Å². The number of carbonyl (C=O) groups is 3. The maximum atomic E-state index is 13.0. The summed E-state index contributed by atoms with van der Waals surface area (Å²) in [6.45, 7) is 0.168. The van der Waals surface area contributed by atoms with E-state index in [2.05, 4.69) is 5.32 Å². The van der Waals surface area contributed by atoms with Gasteiger partial charge in [-0.2, -0.15) is 0 Å². The third-order valence-corrected chi connectivity index (χ3v) is 5.36. The van der Waals surface area contributed by atoms with Crippen LogP contribution in [-0.2, 0) is 14.3 Å². The number of hydrogen-bond acceptors (Lipinski definition) is 8. The molecule has 3 rings (SSSR count). The fraction of sp³-hybridized carbons (Fsp3) is 0.348. The Morgan fingerprint density at radius 2 is 1.48 bits per heavy atom. The quantitative estimate of drug-likeness (QED) is 0.601. The van der Waals surface area contributed by atoms with Crippen molar-refractivity contribution in [1.29, 1.82) is 0 Å². The van der Waals surface area contributed by atoms with Crippen LogP contribution in [0.5, 0.6) is 23.0 Å². The van der Waals surface area contributed by atoms with Crippen LogP contribution in [0.15, 0.2) is 30.3 Å². The summed E-state index contributed by atoms with van der Waals surface area (Å²) in [7, 11) is 7.14. The Hall–Kier alpha value is -3.95. The summed E-state index contributed by atoms with van der Waals surface area (Å²) in [6, 6.07) is 8.01. The topological polar surface area (TPSA) is 113 Å². The van der Waals surface area contributed by atoms with Gasteiger partial charge in [0.2, 0.25) is 11.8 Å². The predicted molar refractivity (Wildman–Crippen MR) is 120 cm³/mol. The molecule has 10 nitrogen and oxygen atoms in total. The number of nitrogens with zero attached hydrogens (tertiary/aromatic N) is 1. The molecule has 1 N–H and O–H groups in total. The minimum absolute atomic E-state index is 0.0149. The Balaban J connectivity index is 1.83. The second kappa shape index (κ2) is 10.1. The first-order valence-electron chi connectivity index (χ1n) is 10.0. The Bertz CT molecular complexity index is 1070. The van der Waals surface area contributed by atoms with Crippen molar-refractivity contribution in [3.8, 4) is 23.0 Å². The normalized spacial score (nSPS) is 15.1. The van der Waals surface area contributed by atoms with E-state index in [0.717, 1.165) is 0 Å². The zero-order valence-electron chi connectivity index (χ0n) is 19.1. The van der Waals surface area contributed by atoms with Gasteiger partial charge in [-0.05, 0) is 12.1 Å². The molecule has 0 spiro atoms. The third-order valence-electron chi connectivity index (χ3n) is 5.36. The monoisotopic (exact) mass is 458 g/mol. The third kappa shape index (κ3) is 4.79. The zero-order chi connectivity index (χ0) is 24.1. The maximum absolute atomic E-state index is 13.0. The van der Waals surface area contributed by atoms with Gasteiger partial charge in [0.15, 0.2) is 23.0 Å². The van der Waals surface area contributed by atoms with E-state index < -0.39 is 17.8 Å². The Morgan fingerprint density at radius 3 is 2.09 bits per heavy atom. The molecule has 2 aromatic carbocycles. The first kappa shape index (κ1) is 23.7. The lowest BCUT2D eigenvalue weighted by molar-refractivity contribution is -0.122. The molecule has 1 aliphatic rings. The number of amides is 2. The van der Waals surface area contributed by atoms with E-state index >= 15 is 0 Å². The molecule has 1 unspecified atom stereocenters. The summed E-state index contributed by atoms with van der Waals surface area (Å²) in [5.74, 6) is -0.257. The van der Waals surface area contributed by atoms with Crippen molar-refractivity contribution in [2.45, 2.75) is 6.42 Å². The van der Waals surface area contributed by atoms with Gasteiger partial charge in [-0.1, -0.05) is 0 Å². The fourth-order valence-corrected chi connectivity index (χ4v) is 3.62. The first-order chi connectivity index (χ1) is 15.9. The van der Waals surface area contributed by atoms with Crippen LogP contribution in [0, 0.1) is 5.92 Å². The highest BCUT2D eigenvalue weighted by Gasteiger charge is 2.36. The molecular formula is C23H26N2O8. The molecule has 33 heavy (non-hydrogen) atoms. The maximum Gasteiger partial charge on any atom is 0.340 e. The van der Waals surface area contributed by atoms with Crippen molar-refractivity contribution < 1.29 is 38.1 Å². The molecule has 2 aromatic rings. The fourth-order valence-electron chi connectivity index (χ4n) is 3.62. The van der Waals surface area contributed by atoms with Gasteiger partial charge in [0.05, 0.1) is 52.7 Å². The molecule has 1 atom stereocenters. The number of benzene rings is 2. The standard InChI is InChI=1S/C23H26N2O8/c1-29-17-7-6-14(9-18(17)30-2)25-12-13(8-21(25)26)22(27)24-16-11-20(32-4)19(31-3)10-15(16)23(28)33-5/h6-7,9-11,13H,8,12H2,1-5H3,(H,24,27). The van der Waals surface area contributed by atoms with Crippen molar-refractivity contribution in [3.63, 3.8) is 0 Å². The smallest absolute Gasteiger partial charge is 0.340 e. The predicted octanol–water partition coefficient (Wildman–Crippen LogP) is 2.50. The number of ether oxygens (including phenoxy) is 5. The summed E-state index contributed by atoms with van der Waals surface area (Å²) in [4.78, 5) is 39.5. The SMILES string of the molecule is COC(=O)c1cc(OC)c(OC)cc1NC(=O)C1CC(=O)N(c2ccc(OC)c(OC)c2)C1. The number of nitrogens with one attached hydrogen (secondary N) is 1. The number of carbonyl (C=O) groups excluding carboxylic acids is 3. The molecule has 0 saturated carbocycles. The Labute approximate surface area is 191 Å². The van der Waals surface area contributed by atoms with Gasteiger partial charge in [0.25, 0.3) is 0 Å². The van der Waals surface area contributed by atoms with Crippen LogP contribution in [0.4, 0.5) is 11.4 Å². The molecule has 0 radical (unpaired) electrons. The van der Waals surface area contributed by atoms with E-state index in [1.54, 1.807) is 18.2 Å². The van der Waals surface area contributed by atoms with Crippen LogP contribution >= 0.6 is 0 Å². The summed E-state index contributed by atoms with van der Waals surface area (Å²) >= 11 is 0. The van der Waals surface area contributed by atoms with Crippen molar-refractivity contribution in [3.05, 3.63) is 35.9 Å². The number of esters is 1. The molecule has 10 heteroatoms. The average Bonchev–Trinajstić information content (AvgIpc) is 3.24. The number of rotatable bonds is 8. The van der Waals surface area contributed by atoms with Crippen LogP contribution in [0.1, 0.15) is 16.8 Å². The first-order valence-corrected chi connectivity index (χ1v) is 10.0. The Kier molecular flexibility index (Phi) is 7.27. The van der Waals surface area contributed by atoms with Gasteiger partial charge in [-0.3, -0.25) is 9.59 Å². The van der Waals surface area contributed by atoms with E-state index in [1.165, 1.54) is 52.6 Å². The molecule has 1 heterocycles. The highest BCUT2D eigenvalue weighted by Crippen LogP contribution is 2.36. The molecule has 2 amide bonds. The van der Waals surface area contributed by atoms with Crippen LogP contribution < -0.4 is 29.2 Å². The van der Waals surface area contributed by atoms with Gasteiger partial charge >= 0.3 is 5.97 Å². The van der Waals surface area contributed by atoms with Gasteiger partial charge < -0.3 is 33.9 Å². The zero-order valence-corrected chi connectivity index (χ0v) is 19.1. The summed E-state index contributed by atoms with van der Waals surface area (Å²) in [5.41, 5.74) is 0.889. The molecule has 0 aliphatic carbocycles. The Morgan fingerprint density at radius 1 is 0.879 bits per heavy atom. The average molecular weight is 458 g/mol. The van der Waals surface area contributed by atoms with Crippen molar-refractivity contribution in [2.24, 2.45) is 5.92 Å². The molecule has 176 valence electrons. The van der Waals surface area contributed by atoms with Crippen molar-refractivity contribution in [1.82, 2.24) is 0 Å². The highest BCUT2D eigenvalue weighted by molar-refractivity contribution is 6.06. The highest BCUT2D eigenvalue weighted by atomic mass is 16.5. The minimum atomic E-state index is -0.652. The lowest BCUT2D eigenvalue weighted by atomic mass is 10.1. The van der Waals surface area contributed by atoms with Gasteiger partial charge in [0, 0.05) is 36.9 Å². The van der Waals surface area contributed by atoms with Gasteiger partial charge in [-0.15, -0.1) is 0 Å². The van der Waals surface area contributed by atoms with E-state index in [-0.39, 0.29) is 30.1 Å².